The molecule has 104 valence electrons. The van der Waals surface area contributed by atoms with Gasteiger partial charge in [-0.05, 0) is 42.5 Å². The fourth-order valence-corrected chi connectivity index (χ4v) is 2.66. The number of hydrogen-bond donors (Lipinski definition) is 2. The Morgan fingerprint density at radius 1 is 1.25 bits per heavy atom. The van der Waals surface area contributed by atoms with Crippen molar-refractivity contribution >= 4 is 56.6 Å². The number of benzene rings is 2. The van der Waals surface area contributed by atoms with E-state index in [1.165, 1.54) is 11.8 Å². The van der Waals surface area contributed by atoms with Gasteiger partial charge >= 0.3 is 0 Å². The van der Waals surface area contributed by atoms with Crippen LogP contribution in [0.1, 0.15) is 0 Å². The van der Waals surface area contributed by atoms with E-state index in [-0.39, 0.29) is 5.91 Å². The number of carbonyl (C=O) groups excluding carboxylic acids is 1. The Morgan fingerprint density at radius 3 is 2.60 bits per heavy atom. The van der Waals surface area contributed by atoms with Gasteiger partial charge in [0.15, 0.2) is 0 Å². The molecule has 0 atom stereocenters. The normalized spacial score (nSPS) is 10.3. The van der Waals surface area contributed by atoms with E-state index in [0.717, 1.165) is 9.37 Å². The topological polar surface area (TPSA) is 55.1 Å². The smallest absolute Gasteiger partial charge is 0.234 e. The van der Waals surface area contributed by atoms with E-state index in [0.29, 0.717) is 22.2 Å². The second-order valence-electron chi connectivity index (χ2n) is 4.02. The molecule has 0 spiro atoms. The molecule has 2 aromatic carbocycles. The number of carbonyl (C=O) groups is 1. The molecule has 0 fully saturated rings. The van der Waals surface area contributed by atoms with E-state index in [1.54, 1.807) is 18.2 Å². The summed E-state index contributed by atoms with van der Waals surface area (Å²) >= 11 is 10.6. The monoisotopic (exact) mass is 370 g/mol. The van der Waals surface area contributed by atoms with Crippen molar-refractivity contribution in [2.75, 3.05) is 16.8 Å². The molecule has 2 aromatic rings. The molecule has 0 aliphatic heterocycles. The summed E-state index contributed by atoms with van der Waals surface area (Å²) < 4.78 is 1.01. The Bertz CT molecular complexity index is 619. The summed E-state index contributed by atoms with van der Waals surface area (Å²) in [5, 5.41) is 3.31. The highest BCUT2D eigenvalue weighted by Gasteiger charge is 2.06. The number of rotatable bonds is 4. The summed E-state index contributed by atoms with van der Waals surface area (Å²) in [4.78, 5) is 12.9. The quantitative estimate of drug-likeness (QED) is 0.618. The largest absolute Gasteiger partial charge is 0.397 e. The highest BCUT2D eigenvalue weighted by Crippen LogP contribution is 2.24. The first-order chi connectivity index (χ1) is 9.54. The van der Waals surface area contributed by atoms with Gasteiger partial charge in [-0.15, -0.1) is 11.8 Å². The van der Waals surface area contributed by atoms with Gasteiger partial charge in [-0.2, -0.15) is 0 Å². The highest BCUT2D eigenvalue weighted by atomic mass is 79.9. The molecule has 3 nitrogen and oxygen atoms in total. The molecule has 0 heterocycles. The van der Waals surface area contributed by atoms with Crippen molar-refractivity contribution in [1.29, 1.82) is 0 Å². The van der Waals surface area contributed by atoms with Gasteiger partial charge in [0.2, 0.25) is 5.91 Å². The van der Waals surface area contributed by atoms with Gasteiger partial charge < -0.3 is 11.1 Å². The van der Waals surface area contributed by atoms with Crippen LogP contribution in [0.4, 0.5) is 11.4 Å². The van der Waals surface area contributed by atoms with Crippen molar-refractivity contribution in [2.45, 2.75) is 4.90 Å². The minimum Gasteiger partial charge on any atom is -0.397 e. The summed E-state index contributed by atoms with van der Waals surface area (Å²) in [5.41, 5.74) is 6.82. The fourth-order valence-electron chi connectivity index (χ4n) is 1.51. The molecule has 0 bridgehead atoms. The maximum absolute atomic E-state index is 11.9. The lowest BCUT2D eigenvalue weighted by atomic mass is 10.2. The first-order valence-electron chi connectivity index (χ1n) is 5.78. The number of anilines is 2. The molecular formula is C14H12BrClN2OS. The van der Waals surface area contributed by atoms with Crippen LogP contribution in [-0.4, -0.2) is 11.7 Å². The lowest BCUT2D eigenvalue weighted by Gasteiger charge is -2.08. The third-order valence-corrected chi connectivity index (χ3v) is 4.25. The summed E-state index contributed by atoms with van der Waals surface area (Å²) in [6, 6.07) is 12.8. The van der Waals surface area contributed by atoms with Crippen molar-refractivity contribution in [3.05, 3.63) is 52.0 Å². The Kier molecular flexibility index (Phi) is 5.34. The average molecular weight is 372 g/mol. The summed E-state index contributed by atoms with van der Waals surface area (Å²) in [5.74, 6) is 0.218. The van der Waals surface area contributed by atoms with Gasteiger partial charge in [0.1, 0.15) is 0 Å². The molecule has 20 heavy (non-hydrogen) atoms. The van der Waals surface area contributed by atoms with Crippen LogP contribution in [0, 0.1) is 0 Å². The number of hydrogen-bond acceptors (Lipinski definition) is 3. The molecule has 0 aromatic heterocycles. The van der Waals surface area contributed by atoms with Crippen LogP contribution in [0.15, 0.2) is 51.8 Å². The molecule has 0 aliphatic carbocycles. The van der Waals surface area contributed by atoms with Crippen LogP contribution in [0.25, 0.3) is 0 Å². The van der Waals surface area contributed by atoms with Gasteiger partial charge in [-0.3, -0.25) is 4.79 Å². The summed E-state index contributed by atoms with van der Waals surface area (Å²) in [6.45, 7) is 0. The van der Waals surface area contributed by atoms with Gasteiger partial charge in [0.05, 0.1) is 17.1 Å². The van der Waals surface area contributed by atoms with Crippen LogP contribution in [-0.2, 0) is 4.79 Å². The highest BCUT2D eigenvalue weighted by molar-refractivity contribution is 9.10. The van der Waals surface area contributed by atoms with E-state index in [1.807, 2.05) is 24.3 Å². The van der Waals surface area contributed by atoms with Crippen molar-refractivity contribution in [3.8, 4) is 0 Å². The maximum atomic E-state index is 11.9. The number of nitrogen functional groups attached to an aromatic ring is 1. The molecule has 0 saturated carbocycles. The summed E-state index contributed by atoms with van der Waals surface area (Å²) in [6.07, 6.45) is 0. The molecule has 0 unspecified atom stereocenters. The molecule has 6 heteroatoms. The molecular weight excluding hydrogens is 360 g/mol. The van der Waals surface area contributed by atoms with Gasteiger partial charge in [0.25, 0.3) is 0 Å². The van der Waals surface area contributed by atoms with Crippen LogP contribution in [0.5, 0.6) is 0 Å². The molecule has 3 N–H and O–H groups in total. The van der Waals surface area contributed by atoms with Gasteiger partial charge in [-0.1, -0.05) is 27.5 Å². The lowest BCUT2D eigenvalue weighted by molar-refractivity contribution is -0.113. The Balaban J connectivity index is 1.90. The molecule has 2 rings (SSSR count). The predicted molar refractivity (Wildman–Crippen MR) is 89.4 cm³/mol. The number of amides is 1. The molecule has 0 saturated heterocycles. The third kappa shape index (κ3) is 4.44. The minimum absolute atomic E-state index is 0.105. The van der Waals surface area contributed by atoms with Crippen molar-refractivity contribution in [1.82, 2.24) is 0 Å². The SMILES string of the molecule is Nc1cc(Cl)ccc1NC(=O)CSc1ccc(Br)cc1. The number of nitrogens with two attached hydrogens (primary N) is 1. The van der Waals surface area contributed by atoms with Crippen LogP contribution in [0.2, 0.25) is 5.02 Å². The van der Waals surface area contributed by atoms with Gasteiger partial charge in [0, 0.05) is 14.4 Å². The van der Waals surface area contributed by atoms with E-state index in [4.69, 9.17) is 17.3 Å². The lowest BCUT2D eigenvalue weighted by Crippen LogP contribution is -2.15. The van der Waals surface area contributed by atoms with Crippen LogP contribution >= 0.6 is 39.3 Å². The van der Waals surface area contributed by atoms with Crippen molar-refractivity contribution in [2.24, 2.45) is 0 Å². The predicted octanol–water partition coefficient (Wildman–Crippen LogP) is 4.42. The third-order valence-electron chi connectivity index (χ3n) is 2.47. The number of thioether (sulfide) groups is 1. The van der Waals surface area contributed by atoms with E-state index in [2.05, 4.69) is 21.2 Å². The maximum Gasteiger partial charge on any atom is 0.234 e. The number of halogens is 2. The second kappa shape index (κ2) is 7.02. The zero-order valence-corrected chi connectivity index (χ0v) is 13.6. The van der Waals surface area contributed by atoms with E-state index < -0.39 is 0 Å². The average Bonchev–Trinajstić information content (AvgIpc) is 2.41. The Morgan fingerprint density at radius 2 is 1.95 bits per heavy atom. The van der Waals surface area contributed by atoms with E-state index in [9.17, 15) is 4.79 Å². The number of nitrogens with one attached hydrogen (secondary N) is 1. The first kappa shape index (κ1) is 15.2. The minimum atomic E-state index is -0.105. The van der Waals surface area contributed by atoms with Gasteiger partial charge in [-0.25, -0.2) is 0 Å². The summed E-state index contributed by atoms with van der Waals surface area (Å²) in [7, 11) is 0. The zero-order valence-electron chi connectivity index (χ0n) is 10.4. The molecule has 1 amide bonds. The van der Waals surface area contributed by atoms with Crippen LogP contribution in [0.3, 0.4) is 0 Å². The van der Waals surface area contributed by atoms with E-state index >= 15 is 0 Å². The standard InChI is InChI=1S/C14H12BrClN2OS/c15-9-1-4-11(5-2-9)20-8-14(19)18-13-6-3-10(16)7-12(13)17/h1-7H,8,17H2,(H,18,19). The van der Waals surface area contributed by atoms with Crippen LogP contribution < -0.4 is 11.1 Å². The molecule has 0 radical (unpaired) electrons. The Hall–Kier alpha value is -1.17. The van der Waals surface area contributed by atoms with Crippen molar-refractivity contribution in [3.63, 3.8) is 0 Å². The fraction of sp³-hybridized carbons (Fsp3) is 0.0714. The molecule has 0 aliphatic rings. The second-order valence-corrected chi connectivity index (χ2v) is 6.42. The first-order valence-corrected chi connectivity index (χ1v) is 7.93. The Labute approximate surface area is 135 Å². The zero-order chi connectivity index (χ0) is 14.5. The van der Waals surface area contributed by atoms with Crippen molar-refractivity contribution < 1.29 is 4.79 Å².